The number of aliphatic hydroxyl groups excluding tert-OH is 1. The normalized spacial score (nSPS) is 19.8. The van der Waals surface area contributed by atoms with Crippen LogP contribution in [0.4, 0.5) is 0 Å². The number of likely N-dealkylation sites (tertiary alicyclic amines) is 1. The highest BCUT2D eigenvalue weighted by atomic mass is 16.3. The van der Waals surface area contributed by atoms with Crippen LogP contribution in [0.2, 0.25) is 0 Å². The molecule has 1 fully saturated rings. The van der Waals surface area contributed by atoms with Gasteiger partial charge < -0.3 is 10.0 Å². The van der Waals surface area contributed by atoms with Crippen LogP contribution in [0, 0.1) is 0 Å². The Bertz CT molecular complexity index is 1210. The smallest absolute Gasteiger partial charge is 0.295 e. The highest BCUT2D eigenvalue weighted by Crippen LogP contribution is 2.40. The Hall–Kier alpha value is -3.80. The summed E-state index contributed by atoms with van der Waals surface area (Å²) in [5.74, 6) is -1.46. The summed E-state index contributed by atoms with van der Waals surface area (Å²) in [4.78, 5) is 36.0. The van der Waals surface area contributed by atoms with Gasteiger partial charge in [0.25, 0.3) is 11.7 Å². The minimum absolute atomic E-state index is 0.0997. The quantitative estimate of drug-likeness (QED) is 0.388. The van der Waals surface area contributed by atoms with E-state index in [-0.39, 0.29) is 17.9 Å². The zero-order chi connectivity index (χ0) is 22.1. The minimum atomic E-state index is -0.722. The lowest BCUT2D eigenvalue weighted by Crippen LogP contribution is -2.29. The average Bonchev–Trinajstić information content (AvgIpc) is 3.09. The Morgan fingerprint density at radius 2 is 1.72 bits per heavy atom. The lowest BCUT2D eigenvalue weighted by Gasteiger charge is -2.25. The number of aromatic nitrogens is 2. The third-order valence-electron chi connectivity index (χ3n) is 6.24. The van der Waals surface area contributed by atoms with E-state index in [0.717, 1.165) is 24.8 Å². The number of ketones is 1. The highest BCUT2D eigenvalue weighted by molar-refractivity contribution is 6.46. The molecule has 32 heavy (non-hydrogen) atoms. The standard InChI is InChI=1S/C26H23N3O3/c30-24(20-10-9-18-6-1-2-7-19(18)13-20)22-23(21-8-4-12-28-15-21)29(26(32)25(22)31)16-17-5-3-11-27-14-17/h3-5,8-15,23,30H,1-2,6-7,16H2/b24-22-. The molecule has 1 amide bonds. The maximum atomic E-state index is 13.1. The van der Waals surface area contributed by atoms with Crippen molar-refractivity contribution in [2.45, 2.75) is 38.3 Å². The number of Topliss-reactive ketones (excluding diaryl/α,β-unsaturated/α-hetero) is 1. The van der Waals surface area contributed by atoms with Crippen molar-refractivity contribution in [3.05, 3.63) is 101 Å². The van der Waals surface area contributed by atoms with Crippen molar-refractivity contribution in [2.75, 3.05) is 0 Å². The van der Waals surface area contributed by atoms with Crippen molar-refractivity contribution in [3.8, 4) is 0 Å². The average molecular weight is 425 g/mol. The Morgan fingerprint density at radius 3 is 2.44 bits per heavy atom. The molecular formula is C26H23N3O3. The first-order valence-electron chi connectivity index (χ1n) is 10.8. The van der Waals surface area contributed by atoms with Crippen LogP contribution in [0.15, 0.2) is 72.8 Å². The molecule has 2 aromatic heterocycles. The van der Waals surface area contributed by atoms with Gasteiger partial charge in [-0.2, -0.15) is 0 Å². The van der Waals surface area contributed by atoms with E-state index in [1.165, 1.54) is 22.4 Å². The molecule has 160 valence electrons. The second kappa shape index (κ2) is 8.38. The zero-order valence-corrected chi connectivity index (χ0v) is 17.6. The van der Waals surface area contributed by atoms with Gasteiger partial charge in [-0.05, 0) is 66.1 Å². The molecule has 0 bridgehead atoms. The van der Waals surface area contributed by atoms with E-state index in [2.05, 4.69) is 9.97 Å². The number of pyridine rings is 2. The number of benzene rings is 1. The molecule has 6 heteroatoms. The molecule has 1 aromatic carbocycles. The van der Waals surface area contributed by atoms with E-state index in [1.54, 1.807) is 36.9 Å². The molecule has 0 spiro atoms. The molecule has 0 saturated carbocycles. The van der Waals surface area contributed by atoms with E-state index in [1.807, 2.05) is 30.3 Å². The van der Waals surface area contributed by atoms with Crippen LogP contribution in [0.1, 0.15) is 46.7 Å². The van der Waals surface area contributed by atoms with E-state index in [4.69, 9.17) is 0 Å². The Balaban J connectivity index is 1.62. The second-order valence-corrected chi connectivity index (χ2v) is 8.27. The molecular weight excluding hydrogens is 402 g/mol. The van der Waals surface area contributed by atoms with Gasteiger partial charge in [0.05, 0.1) is 11.6 Å². The number of carbonyl (C=O) groups is 2. The van der Waals surface area contributed by atoms with Gasteiger partial charge >= 0.3 is 0 Å². The van der Waals surface area contributed by atoms with Crippen LogP contribution in [-0.2, 0) is 29.0 Å². The van der Waals surface area contributed by atoms with Crippen LogP contribution < -0.4 is 0 Å². The number of nitrogens with zero attached hydrogens (tertiary/aromatic N) is 3. The van der Waals surface area contributed by atoms with Gasteiger partial charge in [0, 0.05) is 36.9 Å². The van der Waals surface area contributed by atoms with Gasteiger partial charge in [0.1, 0.15) is 5.76 Å². The third kappa shape index (κ3) is 3.58. The molecule has 1 unspecified atom stereocenters. The second-order valence-electron chi connectivity index (χ2n) is 8.27. The first-order chi connectivity index (χ1) is 15.6. The molecule has 5 rings (SSSR count). The maximum Gasteiger partial charge on any atom is 0.295 e. The number of hydrogen-bond acceptors (Lipinski definition) is 5. The summed E-state index contributed by atoms with van der Waals surface area (Å²) in [5, 5.41) is 11.3. The van der Waals surface area contributed by atoms with Crippen LogP contribution in [0.25, 0.3) is 5.76 Å². The monoisotopic (exact) mass is 425 g/mol. The molecule has 3 heterocycles. The summed E-state index contributed by atoms with van der Waals surface area (Å²) in [7, 11) is 0. The summed E-state index contributed by atoms with van der Waals surface area (Å²) >= 11 is 0. The number of fused-ring (bicyclic) bond motifs is 1. The first kappa shape index (κ1) is 20.1. The van der Waals surface area contributed by atoms with Gasteiger partial charge in [0.2, 0.25) is 0 Å². The lowest BCUT2D eigenvalue weighted by molar-refractivity contribution is -0.140. The first-order valence-corrected chi connectivity index (χ1v) is 10.8. The SMILES string of the molecule is O=C1C(=O)N(Cc2cccnc2)C(c2cccnc2)/C1=C(/O)c1ccc2c(c1)CCCC2. The van der Waals surface area contributed by atoms with Crippen molar-refractivity contribution in [2.24, 2.45) is 0 Å². The molecule has 1 N–H and O–H groups in total. The molecule has 0 radical (unpaired) electrons. The lowest BCUT2D eigenvalue weighted by atomic mass is 9.89. The van der Waals surface area contributed by atoms with Gasteiger partial charge in [-0.25, -0.2) is 0 Å². The van der Waals surface area contributed by atoms with E-state index < -0.39 is 17.7 Å². The van der Waals surface area contributed by atoms with E-state index >= 15 is 0 Å². The van der Waals surface area contributed by atoms with Crippen LogP contribution in [-0.4, -0.2) is 31.7 Å². The van der Waals surface area contributed by atoms with E-state index in [0.29, 0.717) is 11.1 Å². The molecule has 1 aliphatic carbocycles. The topological polar surface area (TPSA) is 83.4 Å². The Morgan fingerprint density at radius 1 is 0.969 bits per heavy atom. The number of rotatable bonds is 4. The predicted octanol–water partition coefficient (Wildman–Crippen LogP) is 3.98. The van der Waals surface area contributed by atoms with Crippen LogP contribution in [0.5, 0.6) is 0 Å². The van der Waals surface area contributed by atoms with Crippen molar-refractivity contribution in [1.82, 2.24) is 14.9 Å². The van der Waals surface area contributed by atoms with Gasteiger partial charge in [-0.1, -0.05) is 24.3 Å². The molecule has 1 saturated heterocycles. The van der Waals surface area contributed by atoms with Crippen molar-refractivity contribution in [1.29, 1.82) is 0 Å². The van der Waals surface area contributed by atoms with Crippen molar-refractivity contribution in [3.63, 3.8) is 0 Å². The minimum Gasteiger partial charge on any atom is -0.507 e. The zero-order valence-electron chi connectivity index (χ0n) is 17.6. The Kier molecular flexibility index (Phi) is 5.27. The maximum absolute atomic E-state index is 13.1. The van der Waals surface area contributed by atoms with Crippen LogP contribution in [0.3, 0.4) is 0 Å². The van der Waals surface area contributed by atoms with Crippen LogP contribution >= 0.6 is 0 Å². The largest absolute Gasteiger partial charge is 0.507 e. The predicted molar refractivity (Wildman–Crippen MR) is 119 cm³/mol. The summed E-state index contributed by atoms with van der Waals surface area (Å²) < 4.78 is 0. The number of carbonyl (C=O) groups excluding carboxylic acids is 2. The molecule has 2 aliphatic rings. The summed E-state index contributed by atoms with van der Waals surface area (Å²) in [6.45, 7) is 0.207. The molecule has 6 nitrogen and oxygen atoms in total. The fourth-order valence-electron chi connectivity index (χ4n) is 4.65. The third-order valence-corrected chi connectivity index (χ3v) is 6.24. The summed E-state index contributed by atoms with van der Waals surface area (Å²) in [6, 6.07) is 12.3. The molecule has 1 aliphatic heterocycles. The van der Waals surface area contributed by atoms with Gasteiger partial charge in [0.15, 0.2) is 0 Å². The van der Waals surface area contributed by atoms with Gasteiger partial charge in [-0.3, -0.25) is 19.6 Å². The fraction of sp³-hybridized carbons (Fsp3) is 0.231. The number of amides is 1. The van der Waals surface area contributed by atoms with Crippen molar-refractivity contribution >= 4 is 17.4 Å². The Labute approximate surface area is 186 Å². The summed E-state index contributed by atoms with van der Waals surface area (Å²) in [5.41, 5.74) is 4.63. The summed E-state index contributed by atoms with van der Waals surface area (Å²) in [6.07, 6.45) is 10.9. The van der Waals surface area contributed by atoms with Gasteiger partial charge in [-0.15, -0.1) is 0 Å². The van der Waals surface area contributed by atoms with Crippen molar-refractivity contribution < 1.29 is 14.7 Å². The number of hydrogen-bond donors (Lipinski definition) is 1. The number of aliphatic hydroxyl groups is 1. The highest BCUT2D eigenvalue weighted by Gasteiger charge is 2.46. The fourth-order valence-corrected chi connectivity index (χ4v) is 4.65. The molecule has 1 atom stereocenters. The van der Waals surface area contributed by atoms with E-state index in [9.17, 15) is 14.7 Å². The molecule has 3 aromatic rings. The number of aryl methyl sites for hydroxylation is 2.